The fraction of sp³-hybridized carbons (Fsp3) is 0.625. The van der Waals surface area contributed by atoms with Crippen LogP contribution in [0.4, 0.5) is 0 Å². The Hall–Kier alpha value is -0.860. The molecule has 0 spiro atoms. The van der Waals surface area contributed by atoms with E-state index in [0.29, 0.717) is 0 Å². The minimum absolute atomic E-state index is 0.781. The minimum Gasteiger partial charge on any atom is -0.313 e. The Morgan fingerprint density at radius 3 is 2.28 bits per heavy atom. The number of benzene rings is 1. The standard InChI is InChI=1S/C16H28N2/c1-5-14(3)12-18(4)13-16-9-7-15(8-10-16)11-17-6-2/h7-10,14,17H,5-6,11-13H2,1-4H3. The Morgan fingerprint density at radius 1 is 1.11 bits per heavy atom. The molecule has 0 aliphatic rings. The van der Waals surface area contributed by atoms with Crippen molar-refractivity contribution in [1.82, 2.24) is 10.2 Å². The SMILES string of the molecule is CCNCc1ccc(CN(C)CC(C)CC)cc1. The molecule has 0 aliphatic carbocycles. The first kappa shape index (κ1) is 15.2. The first-order valence-corrected chi connectivity index (χ1v) is 7.12. The van der Waals surface area contributed by atoms with E-state index in [1.807, 2.05) is 0 Å². The molecule has 2 nitrogen and oxygen atoms in total. The van der Waals surface area contributed by atoms with Crippen molar-refractivity contribution in [2.45, 2.75) is 40.3 Å². The van der Waals surface area contributed by atoms with Gasteiger partial charge in [0.1, 0.15) is 0 Å². The molecule has 0 aromatic heterocycles. The van der Waals surface area contributed by atoms with Crippen molar-refractivity contribution in [2.24, 2.45) is 5.92 Å². The summed E-state index contributed by atoms with van der Waals surface area (Å²) in [6, 6.07) is 8.96. The molecular formula is C16H28N2. The molecule has 1 unspecified atom stereocenters. The highest BCUT2D eigenvalue weighted by Crippen LogP contribution is 2.09. The highest BCUT2D eigenvalue weighted by molar-refractivity contribution is 5.22. The zero-order chi connectivity index (χ0) is 13.4. The Morgan fingerprint density at radius 2 is 1.72 bits per heavy atom. The van der Waals surface area contributed by atoms with Crippen LogP contribution in [0.25, 0.3) is 0 Å². The van der Waals surface area contributed by atoms with Crippen LogP contribution in [0, 0.1) is 5.92 Å². The molecular weight excluding hydrogens is 220 g/mol. The summed E-state index contributed by atoms with van der Waals surface area (Å²) < 4.78 is 0. The van der Waals surface area contributed by atoms with Gasteiger partial charge >= 0.3 is 0 Å². The molecule has 0 bridgehead atoms. The Bertz CT molecular complexity index is 318. The molecule has 18 heavy (non-hydrogen) atoms. The molecule has 102 valence electrons. The Balaban J connectivity index is 2.42. The maximum absolute atomic E-state index is 3.35. The second-order valence-corrected chi connectivity index (χ2v) is 5.31. The highest BCUT2D eigenvalue weighted by atomic mass is 15.1. The number of rotatable bonds is 8. The fourth-order valence-corrected chi connectivity index (χ4v) is 2.07. The minimum atomic E-state index is 0.781. The Labute approximate surface area is 112 Å². The second-order valence-electron chi connectivity index (χ2n) is 5.31. The fourth-order valence-electron chi connectivity index (χ4n) is 2.07. The summed E-state index contributed by atoms with van der Waals surface area (Å²) in [6.07, 6.45) is 1.26. The van der Waals surface area contributed by atoms with Gasteiger partial charge in [-0.2, -0.15) is 0 Å². The molecule has 0 fully saturated rings. The third kappa shape index (κ3) is 5.65. The molecule has 0 aliphatic heterocycles. The van der Waals surface area contributed by atoms with Gasteiger partial charge in [-0.25, -0.2) is 0 Å². The number of hydrogen-bond donors (Lipinski definition) is 1. The predicted molar refractivity (Wildman–Crippen MR) is 79.6 cm³/mol. The Kier molecular flexibility index (Phi) is 6.99. The summed E-state index contributed by atoms with van der Waals surface area (Å²) in [5.74, 6) is 0.781. The second kappa shape index (κ2) is 8.28. The maximum atomic E-state index is 3.35. The van der Waals surface area contributed by atoms with Crippen molar-refractivity contribution in [2.75, 3.05) is 20.1 Å². The van der Waals surface area contributed by atoms with Gasteiger partial charge in [-0.05, 0) is 30.6 Å². The predicted octanol–water partition coefficient (Wildman–Crippen LogP) is 3.27. The molecule has 2 heteroatoms. The van der Waals surface area contributed by atoms with E-state index in [1.54, 1.807) is 0 Å². The lowest BCUT2D eigenvalue weighted by Crippen LogP contribution is -2.23. The molecule has 0 saturated carbocycles. The van der Waals surface area contributed by atoms with Crippen LogP contribution in [0.15, 0.2) is 24.3 Å². The zero-order valence-electron chi connectivity index (χ0n) is 12.4. The van der Waals surface area contributed by atoms with Gasteiger partial charge in [0.25, 0.3) is 0 Å². The molecule has 1 aromatic carbocycles. The van der Waals surface area contributed by atoms with Crippen LogP contribution >= 0.6 is 0 Å². The summed E-state index contributed by atoms with van der Waals surface area (Å²) in [7, 11) is 2.21. The van der Waals surface area contributed by atoms with E-state index in [0.717, 1.165) is 25.6 Å². The average molecular weight is 248 g/mol. The average Bonchev–Trinajstić information content (AvgIpc) is 2.37. The normalized spacial score (nSPS) is 12.9. The van der Waals surface area contributed by atoms with Crippen LogP contribution in [0.2, 0.25) is 0 Å². The quantitative estimate of drug-likeness (QED) is 0.759. The van der Waals surface area contributed by atoms with Gasteiger partial charge in [0.05, 0.1) is 0 Å². The van der Waals surface area contributed by atoms with Gasteiger partial charge in [-0.1, -0.05) is 51.5 Å². The van der Waals surface area contributed by atoms with E-state index < -0.39 is 0 Å². The first-order chi connectivity index (χ1) is 8.65. The number of hydrogen-bond acceptors (Lipinski definition) is 2. The lowest BCUT2D eigenvalue weighted by atomic mass is 10.1. The van der Waals surface area contributed by atoms with Crippen molar-refractivity contribution in [3.63, 3.8) is 0 Å². The van der Waals surface area contributed by atoms with E-state index in [4.69, 9.17) is 0 Å². The lowest BCUT2D eigenvalue weighted by Gasteiger charge is -2.20. The molecule has 0 amide bonds. The maximum Gasteiger partial charge on any atom is 0.0230 e. The van der Waals surface area contributed by atoms with E-state index >= 15 is 0 Å². The number of nitrogens with one attached hydrogen (secondary N) is 1. The van der Waals surface area contributed by atoms with Crippen LogP contribution in [-0.2, 0) is 13.1 Å². The van der Waals surface area contributed by atoms with Crippen LogP contribution in [0.5, 0.6) is 0 Å². The topological polar surface area (TPSA) is 15.3 Å². The van der Waals surface area contributed by atoms with Gasteiger partial charge in [0, 0.05) is 19.6 Å². The molecule has 0 heterocycles. The molecule has 0 saturated heterocycles. The van der Waals surface area contributed by atoms with Gasteiger partial charge in [-0.3, -0.25) is 0 Å². The summed E-state index contributed by atoms with van der Waals surface area (Å²) >= 11 is 0. The van der Waals surface area contributed by atoms with Crippen molar-refractivity contribution >= 4 is 0 Å². The van der Waals surface area contributed by atoms with Crippen molar-refractivity contribution in [1.29, 1.82) is 0 Å². The third-order valence-electron chi connectivity index (χ3n) is 3.37. The van der Waals surface area contributed by atoms with Crippen LogP contribution < -0.4 is 5.32 Å². The van der Waals surface area contributed by atoms with E-state index in [-0.39, 0.29) is 0 Å². The van der Waals surface area contributed by atoms with Crippen LogP contribution in [-0.4, -0.2) is 25.0 Å². The molecule has 1 rings (SSSR count). The summed E-state index contributed by atoms with van der Waals surface area (Å²) in [4.78, 5) is 2.41. The summed E-state index contributed by atoms with van der Waals surface area (Å²) in [5.41, 5.74) is 2.77. The first-order valence-electron chi connectivity index (χ1n) is 7.12. The monoisotopic (exact) mass is 248 g/mol. The largest absolute Gasteiger partial charge is 0.313 e. The molecule has 1 atom stereocenters. The van der Waals surface area contributed by atoms with Crippen molar-refractivity contribution in [3.05, 3.63) is 35.4 Å². The zero-order valence-corrected chi connectivity index (χ0v) is 12.4. The molecule has 0 radical (unpaired) electrons. The lowest BCUT2D eigenvalue weighted by molar-refractivity contribution is 0.275. The van der Waals surface area contributed by atoms with Gasteiger partial charge in [0.15, 0.2) is 0 Å². The molecule has 1 aromatic rings. The molecule has 1 N–H and O–H groups in total. The highest BCUT2D eigenvalue weighted by Gasteiger charge is 2.05. The van der Waals surface area contributed by atoms with E-state index in [1.165, 1.54) is 24.1 Å². The van der Waals surface area contributed by atoms with Crippen LogP contribution in [0.3, 0.4) is 0 Å². The third-order valence-corrected chi connectivity index (χ3v) is 3.37. The van der Waals surface area contributed by atoms with Gasteiger partial charge in [-0.15, -0.1) is 0 Å². The van der Waals surface area contributed by atoms with E-state index in [9.17, 15) is 0 Å². The summed E-state index contributed by atoms with van der Waals surface area (Å²) in [5, 5.41) is 3.35. The van der Waals surface area contributed by atoms with Crippen LogP contribution in [0.1, 0.15) is 38.3 Å². The van der Waals surface area contributed by atoms with Gasteiger partial charge < -0.3 is 10.2 Å². The summed E-state index contributed by atoms with van der Waals surface area (Å²) in [6.45, 7) is 10.9. The smallest absolute Gasteiger partial charge is 0.0230 e. The van der Waals surface area contributed by atoms with Crippen molar-refractivity contribution in [3.8, 4) is 0 Å². The van der Waals surface area contributed by atoms with E-state index in [2.05, 4.69) is 62.3 Å². The number of nitrogens with zero attached hydrogens (tertiary/aromatic N) is 1. The van der Waals surface area contributed by atoms with Crippen molar-refractivity contribution < 1.29 is 0 Å². The van der Waals surface area contributed by atoms with Gasteiger partial charge in [0.2, 0.25) is 0 Å².